The molecule has 0 aromatic carbocycles. The van der Waals surface area contributed by atoms with Crippen molar-refractivity contribution in [3.05, 3.63) is 17.5 Å². The molecular formula is C10H17NO. The lowest BCUT2D eigenvalue weighted by Crippen LogP contribution is -2.12. The second kappa shape index (κ2) is 2.92. The summed E-state index contributed by atoms with van der Waals surface area (Å²) in [5.74, 6) is 1.43. The Morgan fingerprint density at radius 2 is 1.92 bits per heavy atom. The van der Waals surface area contributed by atoms with Gasteiger partial charge in [0.25, 0.3) is 0 Å². The first kappa shape index (κ1) is 9.30. The van der Waals surface area contributed by atoms with Gasteiger partial charge in [0, 0.05) is 11.5 Å². The van der Waals surface area contributed by atoms with E-state index in [1.54, 1.807) is 0 Å². The van der Waals surface area contributed by atoms with Crippen LogP contribution in [0.2, 0.25) is 0 Å². The van der Waals surface area contributed by atoms with Crippen molar-refractivity contribution in [2.75, 3.05) is 0 Å². The molecule has 0 saturated carbocycles. The van der Waals surface area contributed by atoms with Gasteiger partial charge in [-0.25, -0.2) is 0 Å². The molecule has 0 amide bonds. The zero-order valence-electron chi connectivity index (χ0n) is 8.51. The maximum Gasteiger partial charge on any atom is 0.142 e. The molecule has 0 aliphatic rings. The van der Waals surface area contributed by atoms with Crippen LogP contribution in [0.1, 0.15) is 51.9 Å². The Morgan fingerprint density at radius 3 is 2.25 bits per heavy atom. The molecule has 68 valence electrons. The van der Waals surface area contributed by atoms with Crippen LogP contribution in [0.15, 0.2) is 10.7 Å². The largest absolute Gasteiger partial charge is 0.361 e. The van der Waals surface area contributed by atoms with Crippen LogP contribution in [0.4, 0.5) is 0 Å². The third-order valence-electron chi connectivity index (χ3n) is 1.93. The van der Waals surface area contributed by atoms with Crippen molar-refractivity contribution in [1.29, 1.82) is 0 Å². The Hall–Kier alpha value is -0.790. The summed E-state index contributed by atoms with van der Waals surface area (Å²) in [6, 6.07) is 0. The van der Waals surface area contributed by atoms with Gasteiger partial charge in [0.05, 0.1) is 6.20 Å². The molecule has 0 unspecified atom stereocenters. The molecule has 0 aliphatic heterocycles. The molecule has 1 heterocycles. The van der Waals surface area contributed by atoms with Crippen LogP contribution in [0.3, 0.4) is 0 Å². The van der Waals surface area contributed by atoms with Gasteiger partial charge in [0.2, 0.25) is 0 Å². The van der Waals surface area contributed by atoms with Crippen LogP contribution in [0, 0.1) is 0 Å². The van der Waals surface area contributed by atoms with Crippen LogP contribution >= 0.6 is 0 Å². The third kappa shape index (κ3) is 1.68. The van der Waals surface area contributed by atoms with Gasteiger partial charge >= 0.3 is 0 Å². The second-order valence-corrected chi connectivity index (χ2v) is 4.51. The minimum Gasteiger partial charge on any atom is -0.361 e. The average molecular weight is 167 g/mol. The Morgan fingerprint density at radius 1 is 1.33 bits per heavy atom. The van der Waals surface area contributed by atoms with E-state index < -0.39 is 0 Å². The highest BCUT2D eigenvalue weighted by molar-refractivity contribution is 5.24. The highest BCUT2D eigenvalue weighted by Gasteiger charge is 2.22. The van der Waals surface area contributed by atoms with Crippen molar-refractivity contribution in [1.82, 2.24) is 5.16 Å². The molecule has 0 N–H and O–H groups in total. The first-order chi connectivity index (χ1) is 5.43. The lowest BCUT2D eigenvalue weighted by atomic mass is 9.85. The highest BCUT2D eigenvalue weighted by atomic mass is 16.5. The summed E-state index contributed by atoms with van der Waals surface area (Å²) in [6.07, 6.45) is 1.83. The van der Waals surface area contributed by atoms with E-state index in [-0.39, 0.29) is 5.41 Å². The average Bonchev–Trinajstić information content (AvgIpc) is 2.30. The molecule has 0 aliphatic carbocycles. The van der Waals surface area contributed by atoms with Crippen LogP contribution < -0.4 is 0 Å². The molecule has 0 bridgehead atoms. The summed E-state index contributed by atoms with van der Waals surface area (Å²) in [4.78, 5) is 0. The van der Waals surface area contributed by atoms with E-state index >= 15 is 0 Å². The summed E-state index contributed by atoms with van der Waals surface area (Å²) in [7, 11) is 0. The molecular weight excluding hydrogens is 150 g/mol. The smallest absolute Gasteiger partial charge is 0.142 e. The third-order valence-corrected chi connectivity index (χ3v) is 1.93. The molecule has 12 heavy (non-hydrogen) atoms. The minimum absolute atomic E-state index is 0.138. The molecule has 1 aromatic heterocycles. The molecule has 1 rings (SSSR count). The van der Waals surface area contributed by atoms with E-state index in [1.165, 1.54) is 5.56 Å². The minimum atomic E-state index is 0.138. The van der Waals surface area contributed by atoms with Crippen molar-refractivity contribution in [2.24, 2.45) is 0 Å². The molecule has 2 nitrogen and oxygen atoms in total. The van der Waals surface area contributed by atoms with Crippen molar-refractivity contribution < 1.29 is 4.52 Å². The quantitative estimate of drug-likeness (QED) is 0.642. The first-order valence-corrected chi connectivity index (χ1v) is 4.38. The second-order valence-electron chi connectivity index (χ2n) is 4.51. The number of hydrogen-bond donors (Lipinski definition) is 0. The molecule has 2 heteroatoms. The normalized spacial score (nSPS) is 12.5. The fourth-order valence-corrected chi connectivity index (χ4v) is 1.23. The lowest BCUT2D eigenvalue weighted by molar-refractivity contribution is 0.365. The van der Waals surface area contributed by atoms with Crippen LogP contribution in [0.5, 0.6) is 0 Å². The Labute approximate surface area is 74.0 Å². The van der Waals surface area contributed by atoms with E-state index in [0.29, 0.717) is 5.92 Å². The van der Waals surface area contributed by atoms with E-state index in [4.69, 9.17) is 4.52 Å². The number of aromatic nitrogens is 1. The molecule has 0 spiro atoms. The van der Waals surface area contributed by atoms with E-state index in [0.717, 1.165) is 5.76 Å². The van der Waals surface area contributed by atoms with Gasteiger partial charge in [-0.1, -0.05) is 39.8 Å². The van der Waals surface area contributed by atoms with E-state index in [2.05, 4.69) is 39.8 Å². The predicted molar refractivity (Wildman–Crippen MR) is 49.3 cm³/mol. The first-order valence-electron chi connectivity index (χ1n) is 4.38. The summed E-state index contributed by atoms with van der Waals surface area (Å²) < 4.78 is 5.20. The standard InChI is InChI=1S/C10H17NO/c1-7(2)9-8(6-11-12-9)10(3,4)5/h6-7H,1-5H3. The Kier molecular flexibility index (Phi) is 2.27. The summed E-state index contributed by atoms with van der Waals surface area (Å²) in [5, 5.41) is 3.83. The predicted octanol–water partition coefficient (Wildman–Crippen LogP) is 3.10. The Bertz CT molecular complexity index is 255. The monoisotopic (exact) mass is 167 g/mol. The SMILES string of the molecule is CC(C)c1oncc1C(C)(C)C. The molecule has 0 atom stereocenters. The fraction of sp³-hybridized carbons (Fsp3) is 0.700. The summed E-state index contributed by atoms with van der Waals surface area (Å²) in [6.45, 7) is 10.8. The van der Waals surface area contributed by atoms with Gasteiger partial charge < -0.3 is 4.52 Å². The van der Waals surface area contributed by atoms with Crippen molar-refractivity contribution >= 4 is 0 Å². The molecule has 1 aromatic rings. The molecule has 0 saturated heterocycles. The maximum atomic E-state index is 5.20. The van der Waals surface area contributed by atoms with Crippen LogP contribution in [-0.4, -0.2) is 5.16 Å². The Balaban J connectivity index is 3.08. The van der Waals surface area contributed by atoms with Crippen LogP contribution in [0.25, 0.3) is 0 Å². The molecule has 0 fully saturated rings. The van der Waals surface area contributed by atoms with Gasteiger partial charge in [-0.3, -0.25) is 0 Å². The topological polar surface area (TPSA) is 26.0 Å². The number of rotatable bonds is 1. The van der Waals surface area contributed by atoms with Gasteiger partial charge in [-0.2, -0.15) is 0 Å². The molecule has 0 radical (unpaired) electrons. The maximum absolute atomic E-state index is 5.20. The zero-order valence-corrected chi connectivity index (χ0v) is 8.51. The van der Waals surface area contributed by atoms with Gasteiger partial charge in [0.15, 0.2) is 0 Å². The van der Waals surface area contributed by atoms with Crippen molar-refractivity contribution in [2.45, 2.75) is 46.0 Å². The van der Waals surface area contributed by atoms with Crippen molar-refractivity contribution in [3.63, 3.8) is 0 Å². The lowest BCUT2D eigenvalue weighted by Gasteiger charge is -2.18. The zero-order chi connectivity index (χ0) is 9.35. The van der Waals surface area contributed by atoms with Gasteiger partial charge in [0.1, 0.15) is 5.76 Å². The van der Waals surface area contributed by atoms with Gasteiger partial charge in [-0.05, 0) is 5.41 Å². The van der Waals surface area contributed by atoms with Crippen LogP contribution in [-0.2, 0) is 5.41 Å². The van der Waals surface area contributed by atoms with Gasteiger partial charge in [-0.15, -0.1) is 0 Å². The fourth-order valence-electron chi connectivity index (χ4n) is 1.23. The summed E-state index contributed by atoms with van der Waals surface area (Å²) in [5.41, 5.74) is 1.36. The number of hydrogen-bond acceptors (Lipinski definition) is 2. The number of nitrogens with zero attached hydrogens (tertiary/aromatic N) is 1. The summed E-state index contributed by atoms with van der Waals surface area (Å²) >= 11 is 0. The van der Waals surface area contributed by atoms with E-state index in [9.17, 15) is 0 Å². The highest BCUT2D eigenvalue weighted by Crippen LogP contribution is 2.29. The van der Waals surface area contributed by atoms with E-state index in [1.807, 2.05) is 6.20 Å². The van der Waals surface area contributed by atoms with Crippen molar-refractivity contribution in [3.8, 4) is 0 Å².